The topological polar surface area (TPSA) is 59.8 Å². The maximum atomic E-state index is 12.3. The molecule has 2 aromatic rings. The van der Waals surface area contributed by atoms with Crippen LogP contribution in [-0.4, -0.2) is 64.6 Å². The summed E-state index contributed by atoms with van der Waals surface area (Å²) in [6.07, 6.45) is 4.55. The van der Waals surface area contributed by atoms with Crippen LogP contribution in [0.15, 0.2) is 42.7 Å². The van der Waals surface area contributed by atoms with Crippen molar-refractivity contribution in [1.82, 2.24) is 19.6 Å². The summed E-state index contributed by atoms with van der Waals surface area (Å²) in [5, 5.41) is 4.23. The molecule has 4 rings (SSSR count). The number of hydrogen-bond acceptors (Lipinski definition) is 5. The predicted molar refractivity (Wildman–Crippen MR) is 95.9 cm³/mol. The minimum atomic E-state index is -0.220. The number of para-hydroxylation sites is 1. The highest BCUT2D eigenvalue weighted by atomic mass is 16.6. The molecule has 2 aliphatic heterocycles. The van der Waals surface area contributed by atoms with Crippen molar-refractivity contribution in [2.45, 2.75) is 31.7 Å². The number of fused-ring (bicyclic) bond motifs is 1. The Hall–Kier alpha value is -2.54. The molecule has 2 aliphatic rings. The number of benzene rings is 1. The lowest BCUT2D eigenvalue weighted by molar-refractivity contribution is 0.119. The summed E-state index contributed by atoms with van der Waals surface area (Å²) < 4.78 is 13.0. The van der Waals surface area contributed by atoms with E-state index in [2.05, 4.69) is 10.00 Å². The van der Waals surface area contributed by atoms with Crippen LogP contribution >= 0.6 is 0 Å². The normalized spacial score (nSPS) is 22.5. The zero-order valence-electron chi connectivity index (χ0n) is 15.0. The molecule has 2 fully saturated rings. The number of amides is 1. The molecular formula is C19H24N4O3. The summed E-state index contributed by atoms with van der Waals surface area (Å²) >= 11 is 0. The molecule has 0 spiro atoms. The first-order chi connectivity index (χ1) is 12.7. The van der Waals surface area contributed by atoms with Crippen molar-refractivity contribution in [3.63, 3.8) is 0 Å². The van der Waals surface area contributed by atoms with Gasteiger partial charge in [0.15, 0.2) is 0 Å². The first kappa shape index (κ1) is 16.9. The van der Waals surface area contributed by atoms with E-state index in [9.17, 15) is 4.79 Å². The minimum Gasteiger partial charge on any atom is -0.496 e. The van der Waals surface area contributed by atoms with E-state index in [-0.39, 0.29) is 18.2 Å². The molecular weight excluding hydrogens is 332 g/mol. The fourth-order valence-corrected chi connectivity index (χ4v) is 3.85. The number of aryl methyl sites for hydroxylation is 1. The van der Waals surface area contributed by atoms with E-state index in [1.165, 1.54) is 0 Å². The van der Waals surface area contributed by atoms with Gasteiger partial charge in [-0.25, -0.2) is 4.79 Å². The zero-order chi connectivity index (χ0) is 17.9. The van der Waals surface area contributed by atoms with Gasteiger partial charge in [-0.3, -0.25) is 14.5 Å². The molecule has 0 aliphatic carbocycles. The Bertz CT molecular complexity index is 749. The highest BCUT2D eigenvalue weighted by molar-refractivity contribution is 5.71. The van der Waals surface area contributed by atoms with Gasteiger partial charge >= 0.3 is 6.09 Å². The van der Waals surface area contributed by atoms with Crippen LogP contribution in [0.3, 0.4) is 0 Å². The third-order valence-electron chi connectivity index (χ3n) is 5.15. The second-order valence-corrected chi connectivity index (χ2v) is 6.81. The van der Waals surface area contributed by atoms with Crippen molar-refractivity contribution in [2.24, 2.45) is 0 Å². The number of methoxy groups -OCH3 is 1. The van der Waals surface area contributed by atoms with Crippen molar-refractivity contribution < 1.29 is 14.3 Å². The number of aromatic nitrogens is 2. The number of carbonyl (C=O) groups excluding carboxylic acids is 1. The summed E-state index contributed by atoms with van der Waals surface area (Å²) in [5.41, 5.74) is 1.00. The van der Waals surface area contributed by atoms with E-state index in [0.717, 1.165) is 43.9 Å². The summed E-state index contributed by atoms with van der Waals surface area (Å²) in [5.74, 6) is 0.804. The maximum Gasteiger partial charge on any atom is 0.410 e. The first-order valence-electron chi connectivity index (χ1n) is 9.03. The number of likely N-dealkylation sites (tertiary alicyclic amines) is 1. The van der Waals surface area contributed by atoms with Crippen LogP contribution in [0.4, 0.5) is 4.79 Å². The van der Waals surface area contributed by atoms with E-state index in [1.807, 2.05) is 46.1 Å². The number of nitrogens with zero attached hydrogens (tertiary/aromatic N) is 4. The smallest absolute Gasteiger partial charge is 0.410 e. The minimum absolute atomic E-state index is 0.0399. The third-order valence-corrected chi connectivity index (χ3v) is 5.15. The van der Waals surface area contributed by atoms with Crippen molar-refractivity contribution in [2.75, 3.05) is 26.7 Å². The molecule has 0 saturated carbocycles. The third kappa shape index (κ3) is 3.39. The highest BCUT2D eigenvalue weighted by Gasteiger charge is 2.47. The molecule has 0 bridgehead atoms. The lowest BCUT2D eigenvalue weighted by atomic mass is 10.1. The molecule has 2 saturated heterocycles. The zero-order valence-corrected chi connectivity index (χ0v) is 15.0. The Labute approximate surface area is 153 Å². The average molecular weight is 356 g/mol. The van der Waals surface area contributed by atoms with Gasteiger partial charge in [-0.15, -0.1) is 0 Å². The molecule has 1 amide bonds. The number of ether oxygens (including phenoxy) is 2. The number of hydrogen-bond donors (Lipinski definition) is 0. The lowest BCUT2D eigenvalue weighted by Gasteiger charge is -2.23. The van der Waals surface area contributed by atoms with Crippen molar-refractivity contribution >= 4 is 6.09 Å². The van der Waals surface area contributed by atoms with Gasteiger partial charge in [0.25, 0.3) is 0 Å². The highest BCUT2D eigenvalue weighted by Crippen LogP contribution is 2.30. The van der Waals surface area contributed by atoms with Gasteiger partial charge in [-0.1, -0.05) is 18.2 Å². The molecule has 7 heteroatoms. The molecule has 0 unspecified atom stereocenters. The fourth-order valence-electron chi connectivity index (χ4n) is 3.85. The lowest BCUT2D eigenvalue weighted by Crippen LogP contribution is -2.37. The number of carbonyl (C=O) groups is 1. The number of rotatable bonds is 7. The largest absolute Gasteiger partial charge is 0.496 e. The Balaban J connectivity index is 1.35. The quantitative estimate of drug-likeness (QED) is 0.759. The Kier molecular flexibility index (Phi) is 4.79. The van der Waals surface area contributed by atoms with E-state index in [0.29, 0.717) is 6.54 Å². The van der Waals surface area contributed by atoms with Gasteiger partial charge in [-0.2, -0.15) is 5.10 Å². The summed E-state index contributed by atoms with van der Waals surface area (Å²) in [6.45, 7) is 4.06. The summed E-state index contributed by atoms with van der Waals surface area (Å²) in [7, 11) is 1.65. The van der Waals surface area contributed by atoms with E-state index >= 15 is 0 Å². The standard InChI is InChI=1S/C19H24N4O3/c1-25-17-7-3-2-6-15(17)12-23-16-13-21(14-18(16)26-19(23)24)9-5-11-22-10-4-8-20-22/h2-4,6-8,10,16,18H,5,9,11-14H2,1H3/t16-,18+/m0/s1. The van der Waals surface area contributed by atoms with Crippen molar-refractivity contribution in [3.8, 4) is 5.75 Å². The van der Waals surface area contributed by atoms with Crippen LogP contribution in [0.5, 0.6) is 5.75 Å². The van der Waals surface area contributed by atoms with Gasteiger partial charge in [0.05, 0.1) is 19.7 Å². The molecule has 1 aromatic heterocycles. The molecule has 138 valence electrons. The Morgan fingerprint density at radius 2 is 2.12 bits per heavy atom. The van der Waals surface area contributed by atoms with E-state index in [1.54, 1.807) is 13.3 Å². The van der Waals surface area contributed by atoms with Gasteiger partial charge in [0.2, 0.25) is 0 Å². The van der Waals surface area contributed by atoms with Crippen LogP contribution in [0, 0.1) is 0 Å². The van der Waals surface area contributed by atoms with Crippen LogP contribution in [-0.2, 0) is 17.8 Å². The molecule has 26 heavy (non-hydrogen) atoms. The van der Waals surface area contributed by atoms with Gasteiger partial charge < -0.3 is 9.47 Å². The van der Waals surface area contributed by atoms with Crippen LogP contribution in [0.2, 0.25) is 0 Å². The van der Waals surface area contributed by atoms with Crippen LogP contribution < -0.4 is 4.74 Å². The molecule has 3 heterocycles. The first-order valence-corrected chi connectivity index (χ1v) is 9.03. The Morgan fingerprint density at radius 1 is 1.23 bits per heavy atom. The second kappa shape index (κ2) is 7.37. The monoisotopic (exact) mass is 356 g/mol. The maximum absolute atomic E-state index is 12.3. The molecule has 0 N–H and O–H groups in total. The summed E-state index contributed by atoms with van der Waals surface area (Å²) in [4.78, 5) is 16.5. The van der Waals surface area contributed by atoms with Crippen molar-refractivity contribution in [1.29, 1.82) is 0 Å². The molecule has 2 atom stereocenters. The molecule has 1 aromatic carbocycles. The van der Waals surface area contributed by atoms with E-state index < -0.39 is 0 Å². The van der Waals surface area contributed by atoms with Crippen LogP contribution in [0.25, 0.3) is 0 Å². The van der Waals surface area contributed by atoms with Gasteiger partial charge in [0.1, 0.15) is 11.9 Å². The Morgan fingerprint density at radius 3 is 2.92 bits per heavy atom. The summed E-state index contributed by atoms with van der Waals surface area (Å²) in [6, 6.07) is 9.87. The molecule has 0 radical (unpaired) electrons. The second-order valence-electron chi connectivity index (χ2n) is 6.81. The van der Waals surface area contributed by atoms with Crippen LogP contribution in [0.1, 0.15) is 12.0 Å². The fraction of sp³-hybridized carbons (Fsp3) is 0.474. The SMILES string of the molecule is COc1ccccc1CN1C(=O)O[C@@H]2CN(CCCn3cccn3)C[C@@H]21. The average Bonchev–Trinajstić information content (AvgIpc) is 3.35. The van der Waals surface area contributed by atoms with Gasteiger partial charge in [0, 0.05) is 44.1 Å². The van der Waals surface area contributed by atoms with Gasteiger partial charge in [-0.05, 0) is 18.6 Å². The van der Waals surface area contributed by atoms with Crippen molar-refractivity contribution in [3.05, 3.63) is 48.3 Å². The predicted octanol–water partition coefficient (Wildman–Crippen LogP) is 1.99. The van der Waals surface area contributed by atoms with E-state index in [4.69, 9.17) is 9.47 Å². The molecule has 7 nitrogen and oxygen atoms in total.